The van der Waals surface area contributed by atoms with Crippen molar-refractivity contribution in [3.05, 3.63) is 46.2 Å². The van der Waals surface area contributed by atoms with Crippen molar-refractivity contribution in [2.75, 3.05) is 20.1 Å². The molecule has 0 bridgehead atoms. The molecular formula is C19H29IN6S. The average Bonchev–Trinajstić information content (AvgIpc) is 3.15. The van der Waals surface area contributed by atoms with Gasteiger partial charge in [-0.2, -0.15) is 0 Å². The molecule has 2 aromatic rings. The highest BCUT2D eigenvalue weighted by atomic mass is 127. The number of piperidine rings is 1. The fraction of sp³-hybridized carbons (Fsp3) is 0.526. The minimum Gasteiger partial charge on any atom is -0.354 e. The van der Waals surface area contributed by atoms with Crippen molar-refractivity contribution in [2.45, 2.75) is 45.3 Å². The molecule has 0 atom stereocenters. The van der Waals surface area contributed by atoms with E-state index in [2.05, 4.69) is 54.9 Å². The first-order valence-corrected chi connectivity index (χ1v) is 10.2. The molecule has 0 aliphatic carbocycles. The summed E-state index contributed by atoms with van der Waals surface area (Å²) in [5, 5.41) is 10.2. The lowest BCUT2D eigenvalue weighted by atomic mass is 10.0. The molecule has 2 N–H and O–H groups in total. The van der Waals surface area contributed by atoms with Crippen molar-refractivity contribution in [2.24, 2.45) is 4.99 Å². The minimum absolute atomic E-state index is 0. The van der Waals surface area contributed by atoms with E-state index in [1.807, 2.05) is 19.3 Å². The summed E-state index contributed by atoms with van der Waals surface area (Å²) in [6.07, 6.45) is 5.09. The highest BCUT2D eigenvalue weighted by Crippen LogP contribution is 2.13. The first kappa shape index (κ1) is 22.0. The smallest absolute Gasteiger partial charge is 0.191 e. The summed E-state index contributed by atoms with van der Waals surface area (Å²) in [4.78, 5) is 15.8. The number of rotatable bonds is 6. The van der Waals surface area contributed by atoms with E-state index in [0.29, 0.717) is 12.6 Å². The summed E-state index contributed by atoms with van der Waals surface area (Å²) in [6, 6.07) is 6.58. The van der Waals surface area contributed by atoms with Crippen molar-refractivity contribution in [3.63, 3.8) is 0 Å². The number of likely N-dealkylation sites (tertiary alicyclic amines) is 1. The van der Waals surface area contributed by atoms with Crippen LogP contribution in [0.1, 0.15) is 36.2 Å². The molecule has 0 radical (unpaired) electrons. The maximum atomic E-state index is 4.59. The van der Waals surface area contributed by atoms with Crippen LogP contribution in [-0.4, -0.2) is 47.0 Å². The zero-order chi connectivity index (χ0) is 18.2. The largest absolute Gasteiger partial charge is 0.354 e. The van der Waals surface area contributed by atoms with Crippen LogP contribution in [0, 0.1) is 0 Å². The number of aromatic nitrogens is 2. The van der Waals surface area contributed by atoms with Gasteiger partial charge in [-0.05, 0) is 31.4 Å². The molecular weight excluding hydrogens is 471 g/mol. The summed E-state index contributed by atoms with van der Waals surface area (Å²) in [7, 11) is 1.82. The lowest BCUT2D eigenvalue weighted by Gasteiger charge is -2.32. The molecule has 0 spiro atoms. The molecule has 0 saturated carbocycles. The summed E-state index contributed by atoms with van der Waals surface area (Å²) >= 11 is 1.72. The number of thiazole rings is 1. The SMILES string of the molecule is CCc1nc(CNC(=NC)NC2CCN(Cc3ccccn3)CC2)cs1.I. The predicted molar refractivity (Wildman–Crippen MR) is 123 cm³/mol. The Morgan fingerprint density at radius 3 is 2.74 bits per heavy atom. The van der Waals surface area contributed by atoms with Crippen LogP contribution in [0.5, 0.6) is 0 Å². The van der Waals surface area contributed by atoms with Crippen LogP contribution in [0.25, 0.3) is 0 Å². The minimum atomic E-state index is 0. The van der Waals surface area contributed by atoms with Gasteiger partial charge in [-0.1, -0.05) is 13.0 Å². The van der Waals surface area contributed by atoms with Gasteiger partial charge < -0.3 is 10.6 Å². The second-order valence-corrected chi connectivity index (χ2v) is 7.47. The second-order valence-electron chi connectivity index (χ2n) is 6.53. The molecule has 27 heavy (non-hydrogen) atoms. The quantitative estimate of drug-likeness (QED) is 0.363. The third-order valence-corrected chi connectivity index (χ3v) is 5.64. The molecule has 6 nitrogen and oxygen atoms in total. The van der Waals surface area contributed by atoms with Crippen LogP contribution in [0.2, 0.25) is 0 Å². The van der Waals surface area contributed by atoms with Crippen LogP contribution in [-0.2, 0) is 19.5 Å². The zero-order valence-corrected chi connectivity index (χ0v) is 19.2. The summed E-state index contributed by atoms with van der Waals surface area (Å²) in [5.74, 6) is 0.860. The van der Waals surface area contributed by atoms with Gasteiger partial charge in [0.2, 0.25) is 0 Å². The Bertz CT molecular complexity index is 697. The van der Waals surface area contributed by atoms with Gasteiger partial charge in [0.15, 0.2) is 5.96 Å². The topological polar surface area (TPSA) is 65.4 Å². The number of hydrogen-bond donors (Lipinski definition) is 2. The highest BCUT2D eigenvalue weighted by Gasteiger charge is 2.20. The Hall–Kier alpha value is -1.26. The number of aliphatic imine (C=N–C) groups is 1. The van der Waals surface area contributed by atoms with Gasteiger partial charge in [0.1, 0.15) is 0 Å². The maximum absolute atomic E-state index is 4.59. The molecule has 3 rings (SSSR count). The first-order valence-electron chi connectivity index (χ1n) is 9.29. The van der Waals surface area contributed by atoms with E-state index in [0.717, 1.165) is 56.2 Å². The number of nitrogens with one attached hydrogen (secondary N) is 2. The predicted octanol–water partition coefficient (Wildman–Crippen LogP) is 3.05. The maximum Gasteiger partial charge on any atom is 0.191 e. The van der Waals surface area contributed by atoms with Crippen molar-refractivity contribution >= 4 is 41.3 Å². The third kappa shape index (κ3) is 7.00. The Morgan fingerprint density at radius 1 is 1.30 bits per heavy atom. The zero-order valence-electron chi connectivity index (χ0n) is 16.0. The van der Waals surface area contributed by atoms with Gasteiger partial charge in [0.25, 0.3) is 0 Å². The van der Waals surface area contributed by atoms with Crippen molar-refractivity contribution < 1.29 is 0 Å². The van der Waals surface area contributed by atoms with Crippen molar-refractivity contribution in [3.8, 4) is 0 Å². The summed E-state index contributed by atoms with van der Waals surface area (Å²) < 4.78 is 0. The van der Waals surface area contributed by atoms with Crippen LogP contribution >= 0.6 is 35.3 Å². The summed E-state index contributed by atoms with van der Waals surface area (Å²) in [5.41, 5.74) is 2.23. The Labute approximate surface area is 182 Å². The van der Waals surface area contributed by atoms with Crippen LogP contribution < -0.4 is 10.6 Å². The number of pyridine rings is 1. The molecule has 3 heterocycles. The van der Waals surface area contributed by atoms with E-state index in [9.17, 15) is 0 Å². The molecule has 0 aromatic carbocycles. The lowest BCUT2D eigenvalue weighted by molar-refractivity contribution is 0.196. The fourth-order valence-corrected chi connectivity index (χ4v) is 3.86. The van der Waals surface area contributed by atoms with Crippen LogP contribution in [0.3, 0.4) is 0 Å². The Kier molecular flexibility index (Phi) is 9.43. The number of guanidine groups is 1. The van der Waals surface area contributed by atoms with E-state index in [-0.39, 0.29) is 24.0 Å². The van der Waals surface area contributed by atoms with Gasteiger partial charge in [0.05, 0.1) is 22.9 Å². The molecule has 1 aliphatic rings. The van der Waals surface area contributed by atoms with Crippen molar-refractivity contribution in [1.82, 2.24) is 25.5 Å². The molecule has 148 valence electrons. The van der Waals surface area contributed by atoms with Crippen LogP contribution in [0.15, 0.2) is 34.8 Å². The van der Waals surface area contributed by atoms with E-state index in [4.69, 9.17) is 0 Å². The molecule has 8 heteroatoms. The number of nitrogens with zero attached hydrogens (tertiary/aromatic N) is 4. The number of aryl methyl sites for hydroxylation is 1. The third-order valence-electron chi connectivity index (χ3n) is 4.60. The normalized spacial score (nSPS) is 16.0. The van der Waals surface area contributed by atoms with E-state index >= 15 is 0 Å². The van der Waals surface area contributed by atoms with Gasteiger partial charge >= 0.3 is 0 Å². The molecule has 1 saturated heterocycles. The monoisotopic (exact) mass is 500 g/mol. The van der Waals surface area contributed by atoms with Gasteiger partial charge in [-0.15, -0.1) is 35.3 Å². The van der Waals surface area contributed by atoms with E-state index in [1.165, 1.54) is 5.01 Å². The number of hydrogen-bond acceptors (Lipinski definition) is 5. The summed E-state index contributed by atoms with van der Waals surface area (Å²) in [6.45, 7) is 5.95. The van der Waals surface area contributed by atoms with Gasteiger partial charge in [-0.25, -0.2) is 4.98 Å². The molecule has 1 fully saturated rings. The first-order chi connectivity index (χ1) is 12.8. The standard InChI is InChI=1S/C19H28N6S.HI/c1-3-18-23-17(14-26-18)12-22-19(20-2)24-15-7-10-25(11-8-15)13-16-6-4-5-9-21-16;/h4-6,9,14-15H,3,7-8,10-13H2,1-2H3,(H2,20,22,24);1H. The highest BCUT2D eigenvalue weighted by molar-refractivity contribution is 14.0. The van der Waals surface area contributed by atoms with Gasteiger partial charge in [-0.3, -0.25) is 14.9 Å². The van der Waals surface area contributed by atoms with E-state index in [1.54, 1.807) is 11.3 Å². The molecule has 2 aromatic heterocycles. The lowest BCUT2D eigenvalue weighted by Crippen LogP contribution is -2.48. The average molecular weight is 500 g/mol. The Morgan fingerprint density at radius 2 is 2.11 bits per heavy atom. The number of halogens is 1. The second kappa shape index (κ2) is 11.6. The molecule has 0 unspecified atom stereocenters. The molecule has 1 aliphatic heterocycles. The van der Waals surface area contributed by atoms with Gasteiger partial charge in [0, 0.05) is 44.3 Å². The fourth-order valence-electron chi connectivity index (χ4n) is 3.11. The van der Waals surface area contributed by atoms with Crippen LogP contribution in [0.4, 0.5) is 0 Å². The van der Waals surface area contributed by atoms with E-state index < -0.39 is 0 Å². The Balaban J connectivity index is 0.00000261. The molecule has 0 amide bonds. The van der Waals surface area contributed by atoms with Crippen molar-refractivity contribution in [1.29, 1.82) is 0 Å².